The van der Waals surface area contributed by atoms with Gasteiger partial charge in [-0.2, -0.15) is 5.26 Å². The van der Waals surface area contributed by atoms with E-state index in [1.807, 2.05) is 42.2 Å². The van der Waals surface area contributed by atoms with Crippen molar-refractivity contribution in [3.63, 3.8) is 0 Å². The van der Waals surface area contributed by atoms with Crippen LogP contribution in [0.2, 0.25) is 0 Å². The quantitative estimate of drug-likeness (QED) is 0.381. The molecule has 10 heteroatoms. The molecule has 1 aromatic carbocycles. The first kappa shape index (κ1) is 26.0. The molecule has 0 spiro atoms. The van der Waals surface area contributed by atoms with E-state index < -0.39 is 17.2 Å². The number of rotatable bonds is 8. The minimum Gasteiger partial charge on any atom is -0.368 e. The Balaban J connectivity index is 1.97. The van der Waals surface area contributed by atoms with Gasteiger partial charge in [0.25, 0.3) is 0 Å². The molecule has 1 aliphatic heterocycles. The van der Waals surface area contributed by atoms with Crippen LogP contribution in [-0.4, -0.2) is 42.0 Å². The molecular formula is C25H29N7O2S. The molecular weight excluding hydrogens is 462 g/mol. The Kier molecular flexibility index (Phi) is 8.69. The number of amides is 2. The molecule has 0 saturated carbocycles. The molecule has 2 atom stereocenters. The fourth-order valence-corrected chi connectivity index (χ4v) is 5.13. The Bertz CT molecular complexity index is 1160. The number of aromatic nitrogens is 1. The molecule has 0 bridgehead atoms. The molecule has 5 N–H and O–H groups in total. The van der Waals surface area contributed by atoms with E-state index in [9.17, 15) is 14.9 Å². The van der Waals surface area contributed by atoms with Crippen molar-refractivity contribution < 1.29 is 9.59 Å². The van der Waals surface area contributed by atoms with Crippen molar-refractivity contribution in [2.75, 3.05) is 18.0 Å². The van der Waals surface area contributed by atoms with E-state index in [0.717, 1.165) is 17.3 Å². The predicted molar refractivity (Wildman–Crippen MR) is 136 cm³/mol. The fraction of sp³-hybridized carbons (Fsp3) is 0.400. The van der Waals surface area contributed by atoms with E-state index in [0.29, 0.717) is 60.0 Å². The van der Waals surface area contributed by atoms with Crippen LogP contribution in [0, 0.1) is 17.9 Å². The van der Waals surface area contributed by atoms with Crippen molar-refractivity contribution in [1.29, 1.82) is 5.26 Å². The summed E-state index contributed by atoms with van der Waals surface area (Å²) in [4.78, 5) is 34.8. The van der Waals surface area contributed by atoms with Gasteiger partial charge in [-0.3, -0.25) is 9.59 Å². The third-order valence-corrected chi connectivity index (χ3v) is 7.20. The zero-order valence-corrected chi connectivity index (χ0v) is 20.6. The molecule has 3 rings (SSSR count). The van der Waals surface area contributed by atoms with Crippen LogP contribution < -0.4 is 21.7 Å². The van der Waals surface area contributed by atoms with Gasteiger partial charge in [-0.25, -0.2) is 9.83 Å². The molecule has 1 unspecified atom stereocenters. The van der Waals surface area contributed by atoms with Gasteiger partial charge in [-0.05, 0) is 37.3 Å². The van der Waals surface area contributed by atoms with Crippen molar-refractivity contribution in [3.8, 4) is 6.07 Å². The fourth-order valence-electron chi connectivity index (χ4n) is 4.07. The van der Waals surface area contributed by atoms with Crippen LogP contribution in [0.4, 0.5) is 11.5 Å². The van der Waals surface area contributed by atoms with E-state index in [1.54, 1.807) is 6.92 Å². The third kappa shape index (κ3) is 5.91. The van der Waals surface area contributed by atoms with Crippen LogP contribution in [-0.2, 0) is 16.0 Å². The number of pyridine rings is 1. The van der Waals surface area contributed by atoms with Crippen LogP contribution in [0.5, 0.6) is 0 Å². The summed E-state index contributed by atoms with van der Waals surface area (Å²) < 4.78 is 0. The van der Waals surface area contributed by atoms with E-state index >= 15 is 0 Å². The summed E-state index contributed by atoms with van der Waals surface area (Å²) >= 11 is 1.13. The second-order valence-electron chi connectivity index (χ2n) is 8.39. The lowest BCUT2D eigenvalue weighted by atomic mass is 10.0. The minimum atomic E-state index is -0.730. The highest BCUT2D eigenvalue weighted by molar-refractivity contribution is 8.00. The van der Waals surface area contributed by atoms with Crippen molar-refractivity contribution in [1.82, 2.24) is 10.3 Å². The molecule has 0 radical (unpaired) electrons. The molecule has 1 aromatic heterocycles. The van der Waals surface area contributed by atoms with Gasteiger partial charge < -0.3 is 21.7 Å². The Labute approximate surface area is 209 Å². The van der Waals surface area contributed by atoms with Crippen LogP contribution in [0.25, 0.3) is 4.85 Å². The number of carbonyl (C=O) groups is 2. The molecule has 2 amide bonds. The number of nitrogens with one attached hydrogen (secondary N) is 1. The molecule has 9 nitrogen and oxygen atoms in total. The Morgan fingerprint density at radius 1 is 1.34 bits per heavy atom. The van der Waals surface area contributed by atoms with Crippen LogP contribution in [0.15, 0.2) is 35.4 Å². The van der Waals surface area contributed by atoms with Crippen molar-refractivity contribution in [3.05, 3.63) is 58.4 Å². The number of anilines is 1. The van der Waals surface area contributed by atoms with Gasteiger partial charge in [0, 0.05) is 19.1 Å². The molecule has 1 fully saturated rings. The normalized spacial score (nSPS) is 15.5. The largest absolute Gasteiger partial charge is 0.368 e. The van der Waals surface area contributed by atoms with E-state index in [1.165, 1.54) is 0 Å². The first-order chi connectivity index (χ1) is 16.8. The lowest BCUT2D eigenvalue weighted by molar-refractivity contribution is -0.122. The van der Waals surface area contributed by atoms with Crippen molar-refractivity contribution in [2.45, 2.75) is 55.5 Å². The number of carbonyl (C=O) groups excluding carboxylic acids is 2. The van der Waals surface area contributed by atoms with Gasteiger partial charge in [-0.1, -0.05) is 49.0 Å². The maximum absolute atomic E-state index is 12.3. The molecule has 2 aromatic rings. The minimum absolute atomic E-state index is 0.00339. The van der Waals surface area contributed by atoms with Gasteiger partial charge in [0.15, 0.2) is 0 Å². The van der Waals surface area contributed by atoms with Gasteiger partial charge in [0.1, 0.15) is 22.2 Å². The predicted octanol–water partition coefficient (Wildman–Crippen LogP) is 2.82. The van der Waals surface area contributed by atoms with Crippen LogP contribution in [0.3, 0.4) is 0 Å². The molecule has 1 saturated heterocycles. The number of piperidine rings is 1. The average molecular weight is 492 g/mol. The van der Waals surface area contributed by atoms with Gasteiger partial charge in [0.05, 0.1) is 18.2 Å². The highest BCUT2D eigenvalue weighted by atomic mass is 32.2. The van der Waals surface area contributed by atoms with Gasteiger partial charge in [0.2, 0.25) is 17.5 Å². The first-order valence-corrected chi connectivity index (χ1v) is 12.3. The average Bonchev–Trinajstić information content (AvgIpc) is 2.86. The zero-order chi connectivity index (χ0) is 25.5. The summed E-state index contributed by atoms with van der Waals surface area (Å²) in [5, 5.41) is 12.6. The molecule has 2 heterocycles. The van der Waals surface area contributed by atoms with Crippen LogP contribution >= 0.6 is 11.8 Å². The Morgan fingerprint density at radius 3 is 2.51 bits per heavy atom. The molecule has 0 aliphatic carbocycles. The number of hydrogen-bond donors (Lipinski definition) is 3. The number of nitrogens with zero attached hydrogens (tertiary/aromatic N) is 4. The van der Waals surface area contributed by atoms with E-state index in [2.05, 4.69) is 16.2 Å². The maximum atomic E-state index is 12.3. The van der Waals surface area contributed by atoms with Gasteiger partial charge >= 0.3 is 0 Å². The summed E-state index contributed by atoms with van der Waals surface area (Å²) in [7, 11) is 0. The SMILES string of the molecule is [C-]#[N+]c1c(N2CCC(NC(=O)[C@H](C)N)CC2)nc(SC(C(N)=O)c2ccccc2)c(C#N)c1CC. The summed E-state index contributed by atoms with van der Waals surface area (Å²) in [5.41, 5.74) is 13.4. The highest BCUT2D eigenvalue weighted by Crippen LogP contribution is 2.43. The second-order valence-corrected chi connectivity index (χ2v) is 9.48. The maximum Gasteiger partial charge on any atom is 0.236 e. The molecule has 182 valence electrons. The Hall–Kier alpha value is -3.60. The number of hydrogen-bond acceptors (Lipinski definition) is 7. The summed E-state index contributed by atoms with van der Waals surface area (Å²) in [6, 6.07) is 10.7. The monoisotopic (exact) mass is 491 g/mol. The smallest absolute Gasteiger partial charge is 0.236 e. The standard InChI is InChI=1S/C25H29N7O2S/c1-4-18-19(14-26)25(35-21(22(28)33)16-8-6-5-7-9-16)31-23(20(18)29-3)32-12-10-17(11-13-32)30-24(34)15(2)27/h5-9,15,17,21H,4,10-13,27H2,1-2H3,(H2,28,33)(H,30,34)/t15-,21?/m0/s1. The number of benzene rings is 1. The first-order valence-electron chi connectivity index (χ1n) is 11.5. The topological polar surface area (TPSA) is 142 Å². The second kappa shape index (κ2) is 11.7. The molecule has 1 aliphatic rings. The van der Waals surface area contributed by atoms with E-state index in [4.69, 9.17) is 23.0 Å². The molecule has 35 heavy (non-hydrogen) atoms. The third-order valence-electron chi connectivity index (χ3n) is 5.94. The number of thioether (sulfide) groups is 1. The number of nitriles is 1. The summed E-state index contributed by atoms with van der Waals surface area (Å²) in [6.07, 6.45) is 1.82. The lowest BCUT2D eigenvalue weighted by Crippen LogP contribution is -2.49. The summed E-state index contributed by atoms with van der Waals surface area (Å²) in [5.74, 6) is -0.231. The van der Waals surface area contributed by atoms with Crippen LogP contribution in [0.1, 0.15) is 48.6 Å². The highest BCUT2D eigenvalue weighted by Gasteiger charge is 2.29. The lowest BCUT2D eigenvalue weighted by Gasteiger charge is -2.34. The number of primary amides is 1. The summed E-state index contributed by atoms with van der Waals surface area (Å²) in [6.45, 7) is 12.5. The zero-order valence-electron chi connectivity index (χ0n) is 19.8. The van der Waals surface area contributed by atoms with E-state index in [-0.39, 0.29) is 11.9 Å². The van der Waals surface area contributed by atoms with Crippen molar-refractivity contribution in [2.24, 2.45) is 11.5 Å². The number of nitrogens with two attached hydrogens (primary N) is 2. The van der Waals surface area contributed by atoms with Gasteiger partial charge in [-0.15, -0.1) is 0 Å². The van der Waals surface area contributed by atoms with Crippen molar-refractivity contribution >= 4 is 35.1 Å². The Morgan fingerprint density at radius 2 is 2.00 bits per heavy atom.